The number of nitrogens with one attached hydrogen (secondary N) is 2. The number of alkyl halides is 3. The highest BCUT2D eigenvalue weighted by Crippen LogP contribution is 2.38. The predicted molar refractivity (Wildman–Crippen MR) is 116 cm³/mol. The molecule has 0 radical (unpaired) electrons. The number of benzene rings is 2. The van der Waals surface area contributed by atoms with Crippen molar-refractivity contribution in [2.45, 2.75) is 12.7 Å². The van der Waals surface area contributed by atoms with Crippen molar-refractivity contribution in [3.8, 4) is 0 Å². The molecular weight excluding hydrogens is 441 g/mol. The van der Waals surface area contributed by atoms with Crippen molar-refractivity contribution in [2.75, 3.05) is 16.8 Å². The van der Waals surface area contributed by atoms with Crippen LogP contribution in [0.3, 0.4) is 0 Å². The van der Waals surface area contributed by atoms with Crippen LogP contribution in [-0.2, 0) is 12.7 Å². The molecule has 10 heteroatoms. The maximum Gasteiger partial charge on any atom is 0.443 e. The number of carbonyl (C=O) groups excluding carboxylic acids is 2. The van der Waals surface area contributed by atoms with Crippen molar-refractivity contribution < 1.29 is 22.8 Å². The van der Waals surface area contributed by atoms with E-state index in [9.17, 15) is 22.8 Å². The summed E-state index contributed by atoms with van der Waals surface area (Å²) in [6.07, 6.45) is -1.71. The number of aromatic nitrogens is 1. The number of hydrogen-bond acceptors (Lipinski definition) is 5. The highest BCUT2D eigenvalue weighted by Gasteiger charge is 2.34. The maximum absolute atomic E-state index is 12.7. The Kier molecular flexibility index (Phi) is 5.70. The smallest absolute Gasteiger partial charge is 0.347 e. The molecule has 1 aliphatic heterocycles. The number of rotatable bonds is 5. The van der Waals surface area contributed by atoms with Gasteiger partial charge in [-0.15, -0.1) is 17.9 Å². The largest absolute Gasteiger partial charge is 0.443 e. The third-order valence-electron chi connectivity index (χ3n) is 4.77. The molecule has 32 heavy (non-hydrogen) atoms. The van der Waals surface area contributed by atoms with Crippen LogP contribution in [0.15, 0.2) is 61.3 Å². The topological polar surface area (TPSA) is 74.3 Å². The fourth-order valence-corrected chi connectivity index (χ4v) is 4.07. The van der Waals surface area contributed by atoms with Gasteiger partial charge >= 0.3 is 6.18 Å². The van der Waals surface area contributed by atoms with Crippen LogP contribution < -0.4 is 15.5 Å². The fourth-order valence-electron chi connectivity index (χ4n) is 3.35. The minimum absolute atomic E-state index is 0.0932. The number of hydrogen-bond donors (Lipinski definition) is 2. The number of amides is 2. The molecule has 0 atom stereocenters. The van der Waals surface area contributed by atoms with Crippen LogP contribution >= 0.6 is 11.3 Å². The number of carbonyl (C=O) groups is 2. The van der Waals surface area contributed by atoms with Gasteiger partial charge in [0.05, 0.1) is 29.2 Å². The molecule has 6 nitrogen and oxygen atoms in total. The highest BCUT2D eigenvalue weighted by atomic mass is 32.1. The van der Waals surface area contributed by atoms with Gasteiger partial charge in [-0.3, -0.25) is 9.59 Å². The van der Waals surface area contributed by atoms with E-state index in [-0.39, 0.29) is 22.9 Å². The first kappa shape index (κ1) is 21.6. The molecule has 0 spiro atoms. The summed E-state index contributed by atoms with van der Waals surface area (Å²) in [5.74, 6) is -0.795. The summed E-state index contributed by atoms with van der Waals surface area (Å²) in [4.78, 5) is 30.9. The van der Waals surface area contributed by atoms with Crippen molar-refractivity contribution in [2.24, 2.45) is 0 Å². The summed E-state index contributed by atoms with van der Waals surface area (Å²) in [6.45, 7) is 4.13. The normalized spacial score (nSPS) is 13.0. The van der Waals surface area contributed by atoms with Crippen LogP contribution in [0.1, 0.15) is 30.6 Å². The molecule has 2 heterocycles. The van der Waals surface area contributed by atoms with Crippen molar-refractivity contribution in [1.29, 1.82) is 0 Å². The Balaban J connectivity index is 1.57. The molecular formula is C22H17F3N4O2S. The Bertz CT molecular complexity index is 1210. The van der Waals surface area contributed by atoms with Crippen LogP contribution in [0.2, 0.25) is 0 Å². The maximum atomic E-state index is 12.7. The number of halogens is 3. The lowest BCUT2D eigenvalue weighted by atomic mass is 10.1. The molecule has 0 saturated carbocycles. The summed E-state index contributed by atoms with van der Waals surface area (Å²) in [7, 11) is 0. The van der Waals surface area contributed by atoms with E-state index in [0.717, 1.165) is 6.20 Å². The van der Waals surface area contributed by atoms with Gasteiger partial charge < -0.3 is 15.5 Å². The summed E-state index contributed by atoms with van der Waals surface area (Å²) >= 11 is 0.478. The van der Waals surface area contributed by atoms with E-state index in [2.05, 4.69) is 22.2 Å². The van der Waals surface area contributed by atoms with Crippen molar-refractivity contribution in [1.82, 2.24) is 10.3 Å². The minimum Gasteiger partial charge on any atom is -0.347 e. The van der Waals surface area contributed by atoms with E-state index in [1.54, 1.807) is 36.4 Å². The van der Waals surface area contributed by atoms with Crippen LogP contribution in [0.25, 0.3) is 0 Å². The Morgan fingerprint density at radius 2 is 2.00 bits per heavy atom. The molecule has 0 aliphatic carbocycles. The van der Waals surface area contributed by atoms with E-state index in [1.807, 2.05) is 17.0 Å². The molecule has 164 valence electrons. The zero-order valence-corrected chi connectivity index (χ0v) is 17.4. The molecule has 0 fully saturated rings. The van der Waals surface area contributed by atoms with Crippen molar-refractivity contribution in [3.05, 3.63) is 82.3 Å². The van der Waals surface area contributed by atoms with Gasteiger partial charge in [0, 0.05) is 23.2 Å². The molecule has 0 saturated heterocycles. The number of para-hydroxylation sites is 1. The van der Waals surface area contributed by atoms with Crippen LogP contribution in [0.5, 0.6) is 0 Å². The van der Waals surface area contributed by atoms with Crippen LogP contribution in [0, 0.1) is 0 Å². The molecule has 0 unspecified atom stereocenters. The highest BCUT2D eigenvalue weighted by molar-refractivity contribution is 7.11. The Hall–Kier alpha value is -3.66. The Morgan fingerprint density at radius 1 is 1.22 bits per heavy atom. The summed E-state index contributed by atoms with van der Waals surface area (Å²) < 4.78 is 38.1. The molecule has 2 N–H and O–H groups in total. The van der Waals surface area contributed by atoms with Gasteiger partial charge in [-0.05, 0) is 30.3 Å². The summed E-state index contributed by atoms with van der Waals surface area (Å²) in [6, 6.07) is 12.0. The molecule has 1 aromatic heterocycles. The molecule has 3 aromatic rings. The number of thiazole rings is 1. The van der Waals surface area contributed by atoms with E-state index >= 15 is 0 Å². The van der Waals surface area contributed by atoms with Gasteiger partial charge in [-0.1, -0.05) is 18.2 Å². The Morgan fingerprint density at radius 3 is 2.72 bits per heavy atom. The van der Waals surface area contributed by atoms with Gasteiger partial charge in [0.1, 0.15) is 0 Å². The zero-order valence-electron chi connectivity index (χ0n) is 16.6. The third-order valence-corrected chi connectivity index (χ3v) is 5.81. The molecule has 2 amide bonds. The second kappa shape index (κ2) is 8.46. The van der Waals surface area contributed by atoms with Crippen molar-refractivity contribution in [3.63, 3.8) is 0 Å². The third kappa shape index (κ3) is 4.22. The number of anilines is 3. The van der Waals surface area contributed by atoms with Gasteiger partial charge in [-0.2, -0.15) is 13.2 Å². The quantitative estimate of drug-likeness (QED) is 0.529. The van der Waals surface area contributed by atoms with Gasteiger partial charge in [0.25, 0.3) is 11.8 Å². The lowest BCUT2D eigenvalue weighted by molar-refractivity contribution is -0.137. The fraction of sp³-hybridized carbons (Fsp3) is 0.136. The molecule has 1 aliphatic rings. The predicted octanol–water partition coefficient (Wildman–Crippen LogP) is 4.98. The SMILES string of the molecule is C=CCN1c2ccc(C(=O)NCc3cnc(C(F)(F)F)s3)cc2NC(=O)c2ccccc21. The first-order valence-corrected chi connectivity index (χ1v) is 10.3. The summed E-state index contributed by atoms with van der Waals surface area (Å²) in [5, 5.41) is 4.46. The molecule has 4 rings (SSSR count). The number of nitrogens with zero attached hydrogens (tertiary/aromatic N) is 2. The van der Waals surface area contributed by atoms with E-state index in [4.69, 9.17) is 0 Å². The van der Waals surface area contributed by atoms with Gasteiger partial charge in [0.15, 0.2) is 5.01 Å². The monoisotopic (exact) mass is 458 g/mol. The standard InChI is InChI=1S/C22H17F3N4O2S/c1-2-9-29-17-6-4-3-5-15(17)20(31)28-16-10-13(7-8-18(16)29)19(30)26-11-14-12-27-21(32-14)22(23,24)25/h2-8,10,12H,1,9,11H2,(H,26,30)(H,28,31). The summed E-state index contributed by atoms with van der Waals surface area (Å²) in [5.41, 5.74) is 2.60. The number of fused-ring (bicyclic) bond motifs is 2. The lowest BCUT2D eigenvalue weighted by Crippen LogP contribution is -2.23. The molecule has 2 aromatic carbocycles. The van der Waals surface area contributed by atoms with Crippen molar-refractivity contribution >= 4 is 40.2 Å². The van der Waals surface area contributed by atoms with E-state index in [0.29, 0.717) is 40.5 Å². The van der Waals surface area contributed by atoms with Gasteiger partial charge in [0.2, 0.25) is 0 Å². The second-order valence-electron chi connectivity index (χ2n) is 6.91. The lowest BCUT2D eigenvalue weighted by Gasteiger charge is -2.24. The second-order valence-corrected chi connectivity index (χ2v) is 8.03. The first-order chi connectivity index (χ1) is 15.3. The van der Waals surface area contributed by atoms with E-state index in [1.165, 1.54) is 0 Å². The molecule has 0 bridgehead atoms. The van der Waals surface area contributed by atoms with Crippen LogP contribution in [0.4, 0.5) is 30.2 Å². The minimum atomic E-state index is -4.52. The zero-order chi connectivity index (χ0) is 22.9. The Labute approximate surface area is 185 Å². The average Bonchev–Trinajstić information content (AvgIpc) is 3.22. The van der Waals surface area contributed by atoms with Gasteiger partial charge in [-0.25, -0.2) is 4.98 Å². The first-order valence-electron chi connectivity index (χ1n) is 9.51. The average molecular weight is 458 g/mol. The van der Waals surface area contributed by atoms with E-state index < -0.39 is 17.1 Å². The van der Waals surface area contributed by atoms with Crippen LogP contribution in [-0.4, -0.2) is 23.3 Å².